The lowest BCUT2D eigenvalue weighted by molar-refractivity contribution is -0.137. The standard InChI is InChI=1S/C25H36N4O4/c1-4-7-18(15-24(30)31)19-8-9-23(29(5-2)21-10-12-32-13-11-21)22(14-19)28-20-16-26-25(27-17-20)33-6-3/h8-9,14,16-18,21,28H,4-7,10-13,15H2,1-3H3,(H,30,31)/t18-/m1/s1. The van der Waals surface area contributed by atoms with Crippen LogP contribution in [0.5, 0.6) is 6.01 Å². The Morgan fingerprint density at radius 3 is 2.58 bits per heavy atom. The van der Waals surface area contributed by atoms with E-state index in [-0.39, 0.29) is 12.3 Å². The molecule has 180 valence electrons. The average Bonchev–Trinajstić information content (AvgIpc) is 2.82. The van der Waals surface area contributed by atoms with Crippen molar-refractivity contribution in [1.29, 1.82) is 0 Å². The van der Waals surface area contributed by atoms with E-state index >= 15 is 0 Å². The van der Waals surface area contributed by atoms with Crippen LogP contribution in [-0.4, -0.2) is 53.5 Å². The molecule has 0 amide bonds. The molecule has 2 heterocycles. The minimum Gasteiger partial charge on any atom is -0.481 e. The molecule has 1 aliphatic heterocycles. The van der Waals surface area contributed by atoms with Crippen molar-refractivity contribution in [2.24, 2.45) is 0 Å². The van der Waals surface area contributed by atoms with Gasteiger partial charge in [-0.15, -0.1) is 0 Å². The summed E-state index contributed by atoms with van der Waals surface area (Å²) < 4.78 is 10.9. The third-order valence-electron chi connectivity index (χ3n) is 6.01. The second-order valence-electron chi connectivity index (χ2n) is 8.30. The normalized spacial score (nSPS) is 15.1. The van der Waals surface area contributed by atoms with E-state index in [9.17, 15) is 9.90 Å². The van der Waals surface area contributed by atoms with Crippen molar-refractivity contribution in [1.82, 2.24) is 9.97 Å². The van der Waals surface area contributed by atoms with Crippen molar-refractivity contribution in [2.75, 3.05) is 36.6 Å². The van der Waals surface area contributed by atoms with Gasteiger partial charge >= 0.3 is 12.0 Å². The number of hydrogen-bond acceptors (Lipinski definition) is 7. The van der Waals surface area contributed by atoms with Gasteiger partial charge in [0.2, 0.25) is 0 Å². The summed E-state index contributed by atoms with van der Waals surface area (Å²) in [5, 5.41) is 12.9. The van der Waals surface area contributed by atoms with Gasteiger partial charge in [0, 0.05) is 25.8 Å². The van der Waals surface area contributed by atoms with Crippen molar-refractivity contribution < 1.29 is 19.4 Å². The Balaban J connectivity index is 1.97. The first kappa shape index (κ1) is 24.8. The number of carbonyl (C=O) groups is 1. The molecule has 0 bridgehead atoms. The zero-order chi connectivity index (χ0) is 23.6. The van der Waals surface area contributed by atoms with Gasteiger partial charge in [-0.25, -0.2) is 9.97 Å². The fourth-order valence-corrected chi connectivity index (χ4v) is 4.47. The van der Waals surface area contributed by atoms with Crippen molar-refractivity contribution in [3.8, 4) is 6.01 Å². The highest BCUT2D eigenvalue weighted by molar-refractivity contribution is 5.77. The summed E-state index contributed by atoms with van der Waals surface area (Å²) in [5.74, 6) is -0.804. The van der Waals surface area contributed by atoms with Crippen molar-refractivity contribution in [3.05, 3.63) is 36.2 Å². The van der Waals surface area contributed by atoms with Crippen LogP contribution in [-0.2, 0) is 9.53 Å². The molecule has 0 saturated carbocycles. The summed E-state index contributed by atoms with van der Waals surface area (Å²) in [4.78, 5) is 22.4. The quantitative estimate of drug-likeness (QED) is 0.461. The SMILES string of the molecule is CCC[C@H](CC(=O)O)c1ccc(N(CC)C2CCOCC2)c(Nc2cnc(OCC)nc2)c1. The number of hydrogen-bond donors (Lipinski definition) is 2. The van der Waals surface area contributed by atoms with Crippen LogP contribution in [0.3, 0.4) is 0 Å². The fraction of sp³-hybridized carbons (Fsp3) is 0.560. The van der Waals surface area contributed by atoms with Crippen LogP contribution in [0.15, 0.2) is 30.6 Å². The van der Waals surface area contributed by atoms with Crippen molar-refractivity contribution in [3.63, 3.8) is 0 Å². The number of carboxylic acids is 1. The molecule has 1 saturated heterocycles. The third-order valence-corrected chi connectivity index (χ3v) is 6.01. The van der Waals surface area contributed by atoms with Crippen LogP contribution in [0.1, 0.15) is 64.4 Å². The lowest BCUT2D eigenvalue weighted by Crippen LogP contribution is -2.39. The van der Waals surface area contributed by atoms with Gasteiger partial charge < -0.3 is 24.8 Å². The monoisotopic (exact) mass is 456 g/mol. The highest BCUT2D eigenvalue weighted by Gasteiger charge is 2.24. The summed E-state index contributed by atoms with van der Waals surface area (Å²) >= 11 is 0. The van der Waals surface area contributed by atoms with E-state index in [1.54, 1.807) is 12.4 Å². The largest absolute Gasteiger partial charge is 0.481 e. The number of carboxylic acid groups (broad SMARTS) is 1. The van der Waals surface area contributed by atoms with E-state index in [1.807, 2.05) is 6.92 Å². The van der Waals surface area contributed by atoms with Gasteiger partial charge in [-0.1, -0.05) is 19.4 Å². The number of benzene rings is 1. The van der Waals surface area contributed by atoms with E-state index in [0.717, 1.165) is 68.1 Å². The topological polar surface area (TPSA) is 96.8 Å². The smallest absolute Gasteiger partial charge is 0.316 e. The molecule has 8 heteroatoms. The molecule has 8 nitrogen and oxygen atoms in total. The minimum absolute atomic E-state index is 0.0307. The van der Waals surface area contributed by atoms with Crippen molar-refractivity contribution >= 4 is 23.0 Å². The van der Waals surface area contributed by atoms with Crippen LogP contribution in [0.25, 0.3) is 0 Å². The molecule has 33 heavy (non-hydrogen) atoms. The van der Waals surface area contributed by atoms with Gasteiger partial charge in [0.1, 0.15) is 0 Å². The number of nitrogens with zero attached hydrogens (tertiary/aromatic N) is 3. The third kappa shape index (κ3) is 6.81. The maximum Gasteiger partial charge on any atom is 0.316 e. The molecule has 1 aliphatic rings. The molecule has 1 aromatic heterocycles. The molecule has 1 atom stereocenters. The lowest BCUT2D eigenvalue weighted by Gasteiger charge is -2.37. The number of ether oxygens (including phenoxy) is 2. The fourth-order valence-electron chi connectivity index (χ4n) is 4.47. The Kier molecular flexibility index (Phi) is 9.30. The molecule has 2 aromatic rings. The van der Waals surface area contributed by atoms with Gasteiger partial charge in [0.25, 0.3) is 0 Å². The first-order valence-electron chi connectivity index (χ1n) is 12.0. The zero-order valence-electron chi connectivity index (χ0n) is 19.9. The molecule has 1 fully saturated rings. The zero-order valence-corrected chi connectivity index (χ0v) is 19.9. The van der Waals surface area contributed by atoms with Gasteiger partial charge in [-0.2, -0.15) is 0 Å². The number of anilines is 3. The molecule has 1 aromatic carbocycles. The van der Waals surface area contributed by atoms with Gasteiger partial charge in [0.05, 0.1) is 42.5 Å². The summed E-state index contributed by atoms with van der Waals surface area (Å²) in [6.07, 6.45) is 7.26. The first-order valence-corrected chi connectivity index (χ1v) is 12.0. The van der Waals surface area contributed by atoms with Crippen molar-refractivity contribution in [2.45, 2.75) is 64.8 Å². The first-order chi connectivity index (χ1) is 16.0. The summed E-state index contributed by atoms with van der Waals surface area (Å²) in [6, 6.07) is 7.05. The maximum absolute atomic E-state index is 11.5. The Morgan fingerprint density at radius 2 is 1.97 bits per heavy atom. The number of aliphatic carboxylic acids is 1. The predicted molar refractivity (Wildman–Crippen MR) is 130 cm³/mol. The Labute approximate surface area is 196 Å². The van der Waals surface area contributed by atoms with Gasteiger partial charge in [-0.05, 0) is 56.7 Å². The number of rotatable bonds is 12. The van der Waals surface area contributed by atoms with E-state index in [4.69, 9.17) is 9.47 Å². The van der Waals surface area contributed by atoms with E-state index in [1.165, 1.54) is 0 Å². The van der Waals surface area contributed by atoms with Crippen LogP contribution in [0.4, 0.5) is 17.1 Å². The van der Waals surface area contributed by atoms with E-state index < -0.39 is 5.97 Å². The molecule has 3 rings (SSSR count). The second-order valence-corrected chi connectivity index (χ2v) is 8.30. The average molecular weight is 457 g/mol. The maximum atomic E-state index is 11.5. The molecular formula is C25H36N4O4. The summed E-state index contributed by atoms with van der Waals surface area (Å²) in [7, 11) is 0. The van der Waals surface area contributed by atoms with Gasteiger partial charge in [-0.3, -0.25) is 4.79 Å². The van der Waals surface area contributed by atoms with Gasteiger partial charge in [0.15, 0.2) is 0 Å². The Bertz CT molecular complexity index is 884. The molecular weight excluding hydrogens is 420 g/mol. The number of nitrogens with one attached hydrogen (secondary N) is 1. The van der Waals surface area contributed by atoms with Crippen LogP contribution in [0.2, 0.25) is 0 Å². The second kappa shape index (κ2) is 12.4. The summed E-state index contributed by atoms with van der Waals surface area (Å²) in [6.45, 7) is 9.07. The van der Waals surface area contributed by atoms with E-state index in [0.29, 0.717) is 18.7 Å². The molecule has 0 spiro atoms. The highest BCUT2D eigenvalue weighted by atomic mass is 16.5. The highest BCUT2D eigenvalue weighted by Crippen LogP contribution is 2.36. The molecule has 0 radical (unpaired) electrons. The Hall–Kier alpha value is -2.87. The number of aromatic nitrogens is 2. The molecule has 0 unspecified atom stereocenters. The Morgan fingerprint density at radius 1 is 1.24 bits per heavy atom. The predicted octanol–water partition coefficient (Wildman–Crippen LogP) is 4.98. The van der Waals surface area contributed by atoms with Crippen LogP contribution >= 0.6 is 0 Å². The lowest BCUT2D eigenvalue weighted by atomic mass is 9.90. The van der Waals surface area contributed by atoms with Crippen LogP contribution < -0.4 is 15.0 Å². The van der Waals surface area contributed by atoms with Crippen LogP contribution in [0, 0.1) is 0 Å². The molecule has 0 aliphatic carbocycles. The minimum atomic E-state index is -0.774. The molecule has 2 N–H and O–H groups in total. The summed E-state index contributed by atoms with van der Waals surface area (Å²) in [5.41, 5.74) is 3.80. The van der Waals surface area contributed by atoms with E-state index in [2.05, 4.69) is 52.2 Å².